The van der Waals surface area contributed by atoms with E-state index in [-0.39, 0.29) is 21.6 Å². The number of aryl methyl sites for hydroxylation is 2. The van der Waals surface area contributed by atoms with Crippen LogP contribution in [0.15, 0.2) is 33.7 Å². The molecule has 0 unspecified atom stereocenters. The molecule has 0 radical (unpaired) electrons. The van der Waals surface area contributed by atoms with Crippen LogP contribution in [0.5, 0.6) is 0 Å². The van der Waals surface area contributed by atoms with Crippen molar-refractivity contribution in [2.24, 2.45) is 0 Å². The molecule has 2 heterocycles. The number of halogens is 1. The van der Waals surface area contributed by atoms with Crippen molar-refractivity contribution >= 4 is 32.7 Å². The first-order valence-electron chi connectivity index (χ1n) is 5.74. The van der Waals surface area contributed by atoms with Gasteiger partial charge in [0.2, 0.25) is 5.28 Å². The van der Waals surface area contributed by atoms with E-state index in [1.165, 1.54) is 0 Å². The first-order valence-corrected chi connectivity index (χ1v) is 7.56. The second-order valence-electron chi connectivity index (χ2n) is 4.29. The molecule has 6 nitrogen and oxygen atoms in total. The largest absolute Gasteiger partial charge is 0.360 e. The first-order chi connectivity index (χ1) is 9.43. The van der Waals surface area contributed by atoms with Crippen molar-refractivity contribution in [1.82, 2.24) is 14.1 Å². The summed E-state index contributed by atoms with van der Waals surface area (Å²) in [6, 6.07) is 6.82. The number of imidazole rings is 1. The highest BCUT2D eigenvalue weighted by Gasteiger charge is 2.29. The van der Waals surface area contributed by atoms with Crippen LogP contribution in [0.1, 0.15) is 11.5 Å². The Morgan fingerprint density at radius 2 is 1.95 bits per heavy atom. The summed E-state index contributed by atoms with van der Waals surface area (Å²) in [5.41, 5.74) is 1.21. The third-order valence-corrected chi connectivity index (χ3v) is 5.25. The monoisotopic (exact) mass is 311 g/mol. The number of nitrogens with zero attached hydrogens (tertiary/aromatic N) is 3. The van der Waals surface area contributed by atoms with Gasteiger partial charge in [0.1, 0.15) is 5.69 Å². The molecule has 0 saturated heterocycles. The second kappa shape index (κ2) is 4.32. The Morgan fingerprint density at radius 1 is 1.25 bits per heavy atom. The Kier molecular flexibility index (Phi) is 2.84. The topological polar surface area (TPSA) is 78.0 Å². The molecule has 104 valence electrons. The lowest BCUT2D eigenvalue weighted by Gasteiger charge is -2.06. The third-order valence-electron chi connectivity index (χ3n) is 2.95. The fraction of sp³-hybridized carbons (Fsp3) is 0.167. The lowest BCUT2D eigenvalue weighted by atomic mass is 10.3. The van der Waals surface area contributed by atoms with Crippen LogP contribution in [0.25, 0.3) is 11.0 Å². The number of fused-ring (bicyclic) bond motifs is 1. The molecular weight excluding hydrogens is 302 g/mol. The van der Waals surface area contributed by atoms with Gasteiger partial charge in [-0.15, -0.1) is 0 Å². The molecule has 2 aromatic heterocycles. The lowest BCUT2D eigenvalue weighted by molar-refractivity contribution is 0.390. The number of hydrogen-bond donors (Lipinski definition) is 0. The SMILES string of the molecule is Cc1noc(C)c1S(=O)(=O)n1c(Cl)nc2ccccc21. The summed E-state index contributed by atoms with van der Waals surface area (Å²) >= 11 is 6.00. The van der Waals surface area contributed by atoms with Gasteiger partial charge in [0.05, 0.1) is 11.0 Å². The normalized spacial score (nSPS) is 12.2. The van der Waals surface area contributed by atoms with Crippen molar-refractivity contribution < 1.29 is 12.9 Å². The van der Waals surface area contributed by atoms with Crippen LogP contribution in [0.3, 0.4) is 0 Å². The van der Waals surface area contributed by atoms with E-state index in [4.69, 9.17) is 16.1 Å². The van der Waals surface area contributed by atoms with Crippen LogP contribution in [-0.2, 0) is 10.0 Å². The standard InChI is InChI=1S/C12H10ClN3O3S/c1-7-11(8(2)19-15-7)20(17,18)16-10-6-4-3-5-9(10)14-12(16)13/h3-6H,1-2H3. The molecule has 0 bridgehead atoms. The van der Waals surface area contributed by atoms with Crippen molar-refractivity contribution in [3.8, 4) is 0 Å². The van der Waals surface area contributed by atoms with E-state index < -0.39 is 10.0 Å². The van der Waals surface area contributed by atoms with E-state index in [9.17, 15) is 8.42 Å². The van der Waals surface area contributed by atoms with Gasteiger partial charge in [-0.2, -0.15) is 0 Å². The highest BCUT2D eigenvalue weighted by Crippen LogP contribution is 2.28. The Morgan fingerprint density at radius 3 is 2.60 bits per heavy atom. The van der Waals surface area contributed by atoms with Gasteiger partial charge in [-0.05, 0) is 37.6 Å². The van der Waals surface area contributed by atoms with Crippen molar-refractivity contribution in [2.45, 2.75) is 18.7 Å². The maximum absolute atomic E-state index is 12.8. The van der Waals surface area contributed by atoms with Crippen LogP contribution in [0.2, 0.25) is 5.28 Å². The zero-order valence-corrected chi connectivity index (χ0v) is 12.2. The summed E-state index contributed by atoms with van der Waals surface area (Å²) in [7, 11) is -3.90. The van der Waals surface area contributed by atoms with Gasteiger partial charge in [-0.3, -0.25) is 0 Å². The number of rotatable bonds is 2. The molecule has 0 aliphatic heterocycles. The second-order valence-corrected chi connectivity index (χ2v) is 6.35. The highest BCUT2D eigenvalue weighted by molar-refractivity contribution is 7.90. The molecule has 0 atom stereocenters. The maximum Gasteiger partial charge on any atom is 0.276 e. The summed E-state index contributed by atoms with van der Waals surface area (Å²) in [4.78, 5) is 4.06. The summed E-state index contributed by atoms with van der Waals surface area (Å²) in [5, 5.41) is 3.55. The van der Waals surface area contributed by atoms with Gasteiger partial charge in [0.25, 0.3) is 10.0 Å². The fourth-order valence-corrected chi connectivity index (χ4v) is 4.24. The van der Waals surface area contributed by atoms with Crippen molar-refractivity contribution in [3.63, 3.8) is 0 Å². The van der Waals surface area contributed by atoms with E-state index >= 15 is 0 Å². The van der Waals surface area contributed by atoms with Crippen molar-refractivity contribution in [3.05, 3.63) is 41.0 Å². The Labute approximate surface area is 120 Å². The van der Waals surface area contributed by atoms with Crippen LogP contribution in [-0.4, -0.2) is 22.5 Å². The van der Waals surface area contributed by atoms with E-state index in [0.29, 0.717) is 11.0 Å². The van der Waals surface area contributed by atoms with Crippen LogP contribution >= 0.6 is 11.6 Å². The molecule has 0 spiro atoms. The zero-order chi connectivity index (χ0) is 14.5. The average Bonchev–Trinajstić information content (AvgIpc) is 2.88. The number of para-hydroxylation sites is 2. The Balaban J connectivity index is 2.38. The summed E-state index contributed by atoms with van der Waals surface area (Å²) in [6.45, 7) is 3.11. The maximum atomic E-state index is 12.8. The van der Waals surface area contributed by atoms with E-state index in [2.05, 4.69) is 10.1 Å². The van der Waals surface area contributed by atoms with E-state index in [1.54, 1.807) is 38.1 Å². The Hall–Kier alpha value is -1.86. The van der Waals surface area contributed by atoms with E-state index in [1.807, 2.05) is 0 Å². The molecule has 0 saturated carbocycles. The van der Waals surface area contributed by atoms with Crippen LogP contribution < -0.4 is 0 Å². The lowest BCUT2D eigenvalue weighted by Crippen LogP contribution is -2.14. The number of aromatic nitrogens is 3. The number of benzene rings is 1. The molecule has 0 aliphatic carbocycles. The van der Waals surface area contributed by atoms with Crippen LogP contribution in [0, 0.1) is 13.8 Å². The minimum Gasteiger partial charge on any atom is -0.360 e. The molecule has 20 heavy (non-hydrogen) atoms. The average molecular weight is 312 g/mol. The predicted molar refractivity (Wildman–Crippen MR) is 73.3 cm³/mol. The molecule has 8 heteroatoms. The molecule has 0 N–H and O–H groups in total. The molecule has 0 fully saturated rings. The van der Waals surface area contributed by atoms with Gasteiger partial charge >= 0.3 is 0 Å². The fourth-order valence-electron chi connectivity index (χ4n) is 2.14. The van der Waals surface area contributed by atoms with Gasteiger partial charge < -0.3 is 4.52 Å². The highest BCUT2D eigenvalue weighted by atomic mass is 35.5. The van der Waals surface area contributed by atoms with Crippen LogP contribution in [0.4, 0.5) is 0 Å². The van der Waals surface area contributed by atoms with Gasteiger partial charge in [-0.1, -0.05) is 17.3 Å². The minimum atomic E-state index is -3.90. The summed E-state index contributed by atoms with van der Waals surface area (Å²) in [5.74, 6) is 0.219. The minimum absolute atomic E-state index is 0.0163. The van der Waals surface area contributed by atoms with Gasteiger partial charge in [0, 0.05) is 0 Å². The van der Waals surface area contributed by atoms with Gasteiger partial charge in [-0.25, -0.2) is 17.4 Å². The predicted octanol–water partition coefficient (Wildman–Crippen LogP) is 2.53. The van der Waals surface area contributed by atoms with Gasteiger partial charge in [0.15, 0.2) is 10.7 Å². The molecule has 0 amide bonds. The quantitative estimate of drug-likeness (QED) is 0.726. The first kappa shape index (κ1) is 13.1. The smallest absolute Gasteiger partial charge is 0.276 e. The molecule has 0 aliphatic rings. The van der Waals surface area contributed by atoms with Crippen molar-refractivity contribution in [1.29, 1.82) is 0 Å². The third kappa shape index (κ3) is 1.74. The molecule has 1 aromatic carbocycles. The molecule has 3 aromatic rings. The van der Waals surface area contributed by atoms with Crippen molar-refractivity contribution in [2.75, 3.05) is 0 Å². The van der Waals surface area contributed by atoms with E-state index in [0.717, 1.165) is 3.97 Å². The Bertz CT molecular complexity index is 892. The zero-order valence-electron chi connectivity index (χ0n) is 10.7. The summed E-state index contributed by atoms with van der Waals surface area (Å²) in [6.07, 6.45) is 0. The molecular formula is C12H10ClN3O3S. The number of hydrogen-bond acceptors (Lipinski definition) is 5. The summed E-state index contributed by atoms with van der Waals surface area (Å²) < 4.78 is 31.5. The molecule has 3 rings (SSSR count).